The Bertz CT molecular complexity index is 2800. The minimum absolute atomic E-state index is 1.16. The molecular formula is C46H30N2. The average molecular weight is 611 g/mol. The second-order valence-corrected chi connectivity index (χ2v) is 12.6. The molecule has 2 heteroatoms. The van der Waals surface area contributed by atoms with Crippen LogP contribution in [-0.4, -0.2) is 9.13 Å². The first-order valence-corrected chi connectivity index (χ1v) is 16.5. The van der Waals surface area contributed by atoms with Gasteiger partial charge in [0, 0.05) is 32.9 Å². The van der Waals surface area contributed by atoms with E-state index in [4.69, 9.17) is 0 Å². The zero-order valence-corrected chi connectivity index (χ0v) is 26.2. The van der Waals surface area contributed by atoms with Crippen LogP contribution in [0.1, 0.15) is 0 Å². The molecule has 0 saturated heterocycles. The Kier molecular flexibility index (Phi) is 5.91. The number of para-hydroxylation sites is 2. The van der Waals surface area contributed by atoms with Crippen molar-refractivity contribution < 1.29 is 0 Å². The molecule has 0 amide bonds. The van der Waals surface area contributed by atoms with E-state index in [0.29, 0.717) is 0 Å². The van der Waals surface area contributed by atoms with Crippen molar-refractivity contribution in [1.82, 2.24) is 9.13 Å². The molecule has 2 heterocycles. The van der Waals surface area contributed by atoms with Crippen molar-refractivity contribution in [3.8, 4) is 33.6 Å². The maximum Gasteiger partial charge on any atom is 0.0548 e. The van der Waals surface area contributed by atoms with E-state index in [1.807, 2.05) is 0 Å². The predicted molar refractivity (Wildman–Crippen MR) is 203 cm³/mol. The lowest BCUT2D eigenvalue weighted by Crippen LogP contribution is -1.95. The summed E-state index contributed by atoms with van der Waals surface area (Å²) in [5, 5.41) is 7.58. The van der Waals surface area contributed by atoms with Gasteiger partial charge in [-0.05, 0) is 87.6 Å². The second-order valence-electron chi connectivity index (χ2n) is 12.6. The van der Waals surface area contributed by atoms with E-state index in [2.05, 4.69) is 191 Å². The molecule has 0 spiro atoms. The van der Waals surface area contributed by atoms with Crippen LogP contribution in [0.15, 0.2) is 182 Å². The van der Waals surface area contributed by atoms with Crippen molar-refractivity contribution in [2.75, 3.05) is 0 Å². The highest BCUT2D eigenvalue weighted by Gasteiger charge is 2.20. The number of hydrogen-bond donors (Lipinski definition) is 0. The number of fused-ring (bicyclic) bond motifs is 8. The summed E-state index contributed by atoms with van der Waals surface area (Å²) in [5.74, 6) is 0. The van der Waals surface area contributed by atoms with Gasteiger partial charge in [0.15, 0.2) is 0 Å². The summed E-state index contributed by atoms with van der Waals surface area (Å²) in [4.78, 5) is 0. The number of nitrogens with zero attached hydrogens (tertiary/aromatic N) is 2. The molecule has 10 aromatic rings. The van der Waals surface area contributed by atoms with Crippen molar-refractivity contribution in [3.63, 3.8) is 0 Å². The summed E-state index contributed by atoms with van der Waals surface area (Å²) >= 11 is 0. The molecular weight excluding hydrogens is 581 g/mol. The van der Waals surface area contributed by atoms with Gasteiger partial charge in [-0.3, -0.25) is 0 Å². The van der Waals surface area contributed by atoms with Crippen molar-refractivity contribution in [1.29, 1.82) is 0 Å². The van der Waals surface area contributed by atoms with Gasteiger partial charge in [-0.25, -0.2) is 0 Å². The smallest absolute Gasteiger partial charge is 0.0548 e. The van der Waals surface area contributed by atoms with Crippen LogP contribution in [0.5, 0.6) is 0 Å². The minimum atomic E-state index is 1.16. The van der Waals surface area contributed by atoms with Gasteiger partial charge in [-0.1, -0.05) is 127 Å². The molecule has 0 radical (unpaired) electrons. The second kappa shape index (κ2) is 10.6. The Balaban J connectivity index is 1.19. The van der Waals surface area contributed by atoms with Crippen molar-refractivity contribution in [2.24, 2.45) is 0 Å². The maximum atomic E-state index is 2.44. The normalized spacial score (nSPS) is 11.8. The SMILES string of the molecule is c1ccc(-c2ccc(-n3c4ccccc4c4c5c6ccccc6n(-c6ccc7cc(-c8ccccc8)ccc7c6)c5ccc43)cc2)cc1. The van der Waals surface area contributed by atoms with Crippen LogP contribution in [0.3, 0.4) is 0 Å². The Morgan fingerprint density at radius 3 is 1.33 bits per heavy atom. The van der Waals surface area contributed by atoms with E-state index in [9.17, 15) is 0 Å². The van der Waals surface area contributed by atoms with Crippen LogP contribution >= 0.6 is 0 Å². The van der Waals surface area contributed by atoms with E-state index >= 15 is 0 Å². The van der Waals surface area contributed by atoms with Crippen LogP contribution in [0.25, 0.3) is 88.0 Å². The molecule has 0 N–H and O–H groups in total. The van der Waals surface area contributed by atoms with Crippen molar-refractivity contribution >= 4 is 54.4 Å². The number of benzene rings is 8. The third-order valence-electron chi connectivity index (χ3n) is 9.89. The van der Waals surface area contributed by atoms with Crippen LogP contribution in [0.4, 0.5) is 0 Å². The largest absolute Gasteiger partial charge is 0.309 e. The lowest BCUT2D eigenvalue weighted by molar-refractivity contribution is 1.17. The third kappa shape index (κ3) is 4.06. The fourth-order valence-corrected chi connectivity index (χ4v) is 7.69. The van der Waals surface area contributed by atoms with E-state index in [1.165, 1.54) is 82.3 Å². The fourth-order valence-electron chi connectivity index (χ4n) is 7.69. The Hall–Kier alpha value is -6.38. The highest BCUT2D eigenvalue weighted by Crippen LogP contribution is 2.42. The van der Waals surface area contributed by atoms with Crippen molar-refractivity contribution in [2.45, 2.75) is 0 Å². The highest BCUT2D eigenvalue weighted by molar-refractivity contribution is 6.29. The lowest BCUT2D eigenvalue weighted by atomic mass is 10.0. The topological polar surface area (TPSA) is 9.86 Å². The minimum Gasteiger partial charge on any atom is -0.309 e. The van der Waals surface area contributed by atoms with Gasteiger partial charge in [0.1, 0.15) is 0 Å². The molecule has 0 saturated carbocycles. The standard InChI is InChI=1S/C46H30N2/c1-3-11-31(12-4-1)33-21-24-37(25-22-33)47-41-17-9-7-15-39(41)45-43(47)27-28-44-46(45)40-16-8-10-18-42(40)48(44)38-26-23-35-29-34(19-20-36(35)30-38)32-13-5-2-6-14-32/h1-30H. The molecule has 10 rings (SSSR count). The molecule has 0 atom stereocenters. The molecule has 0 aliphatic rings. The lowest BCUT2D eigenvalue weighted by Gasteiger charge is -2.11. The van der Waals surface area contributed by atoms with Gasteiger partial charge < -0.3 is 9.13 Å². The molecule has 224 valence electrons. The third-order valence-corrected chi connectivity index (χ3v) is 9.89. The monoisotopic (exact) mass is 610 g/mol. The van der Waals surface area contributed by atoms with Crippen LogP contribution in [0.2, 0.25) is 0 Å². The molecule has 8 aromatic carbocycles. The first kappa shape index (κ1) is 26.8. The predicted octanol–water partition coefficient (Wildman–Crippen LogP) is 12.4. The van der Waals surface area contributed by atoms with Gasteiger partial charge in [-0.2, -0.15) is 0 Å². The Morgan fingerprint density at radius 2 is 0.708 bits per heavy atom. The van der Waals surface area contributed by atoms with Gasteiger partial charge in [-0.15, -0.1) is 0 Å². The molecule has 48 heavy (non-hydrogen) atoms. The molecule has 0 fully saturated rings. The number of rotatable bonds is 4. The summed E-state index contributed by atoms with van der Waals surface area (Å²) in [6, 6.07) is 66.1. The summed E-state index contributed by atoms with van der Waals surface area (Å²) in [6.45, 7) is 0. The van der Waals surface area contributed by atoms with Crippen LogP contribution in [0, 0.1) is 0 Å². The van der Waals surface area contributed by atoms with Crippen molar-refractivity contribution in [3.05, 3.63) is 182 Å². The Morgan fingerprint density at radius 1 is 0.271 bits per heavy atom. The van der Waals surface area contributed by atoms with Gasteiger partial charge >= 0.3 is 0 Å². The van der Waals surface area contributed by atoms with Crippen LogP contribution < -0.4 is 0 Å². The quantitative estimate of drug-likeness (QED) is 0.188. The zero-order chi connectivity index (χ0) is 31.6. The molecule has 0 unspecified atom stereocenters. The summed E-state index contributed by atoms with van der Waals surface area (Å²) in [5.41, 5.74) is 12.1. The van der Waals surface area contributed by atoms with Gasteiger partial charge in [0.2, 0.25) is 0 Å². The first-order chi connectivity index (χ1) is 23.8. The van der Waals surface area contributed by atoms with Gasteiger partial charge in [0.05, 0.1) is 22.1 Å². The molecule has 2 aromatic heterocycles. The van der Waals surface area contributed by atoms with E-state index < -0.39 is 0 Å². The summed E-state index contributed by atoms with van der Waals surface area (Å²) < 4.78 is 4.86. The van der Waals surface area contributed by atoms with E-state index in [1.54, 1.807) is 0 Å². The zero-order valence-electron chi connectivity index (χ0n) is 26.2. The number of hydrogen-bond acceptors (Lipinski definition) is 0. The summed E-state index contributed by atoms with van der Waals surface area (Å²) in [7, 11) is 0. The average Bonchev–Trinajstić information content (AvgIpc) is 3.68. The molecule has 0 aliphatic carbocycles. The fraction of sp³-hybridized carbons (Fsp3) is 0. The molecule has 2 nitrogen and oxygen atoms in total. The van der Waals surface area contributed by atoms with Crippen LogP contribution in [-0.2, 0) is 0 Å². The van der Waals surface area contributed by atoms with E-state index in [0.717, 1.165) is 5.69 Å². The Labute approximate surface area is 278 Å². The van der Waals surface area contributed by atoms with E-state index in [-0.39, 0.29) is 0 Å². The maximum absolute atomic E-state index is 2.44. The first-order valence-electron chi connectivity index (χ1n) is 16.5. The number of aromatic nitrogens is 2. The highest BCUT2D eigenvalue weighted by atomic mass is 15.0. The van der Waals surface area contributed by atoms with Gasteiger partial charge in [0.25, 0.3) is 0 Å². The molecule has 0 aliphatic heterocycles. The summed E-state index contributed by atoms with van der Waals surface area (Å²) in [6.07, 6.45) is 0. The molecule has 0 bridgehead atoms.